The van der Waals surface area contributed by atoms with Gasteiger partial charge in [0, 0.05) is 24.6 Å². The molecule has 2 atom stereocenters. The maximum absolute atomic E-state index is 6.22. The molecule has 2 aliphatic rings. The summed E-state index contributed by atoms with van der Waals surface area (Å²) in [4.78, 5) is 0. The molecule has 0 bridgehead atoms. The first-order valence-electron chi connectivity index (χ1n) is 5.90. The number of hydrogen-bond donors (Lipinski definition) is 1. The van der Waals surface area contributed by atoms with Crippen molar-refractivity contribution in [3.8, 4) is 5.75 Å². The summed E-state index contributed by atoms with van der Waals surface area (Å²) in [5.74, 6) is 0.937. The number of rotatable bonds is 0. The van der Waals surface area contributed by atoms with E-state index >= 15 is 0 Å². The molecule has 0 aromatic heterocycles. The van der Waals surface area contributed by atoms with E-state index in [0.29, 0.717) is 6.61 Å². The van der Waals surface area contributed by atoms with Crippen LogP contribution in [-0.4, -0.2) is 18.8 Å². The molecule has 0 saturated carbocycles. The summed E-state index contributed by atoms with van der Waals surface area (Å²) in [6.07, 6.45) is 2.98. The predicted molar refractivity (Wildman–Crippen MR) is 61.4 cm³/mol. The van der Waals surface area contributed by atoms with Crippen LogP contribution in [0.3, 0.4) is 0 Å². The highest BCUT2D eigenvalue weighted by molar-refractivity contribution is 5.38. The van der Waals surface area contributed by atoms with Gasteiger partial charge in [0.25, 0.3) is 0 Å². The maximum Gasteiger partial charge on any atom is 0.134 e. The monoisotopic (exact) mass is 219 g/mol. The summed E-state index contributed by atoms with van der Waals surface area (Å²) >= 11 is 0. The average molecular weight is 219 g/mol. The number of nitrogens with two attached hydrogens (primary N) is 1. The van der Waals surface area contributed by atoms with Crippen LogP contribution in [0.1, 0.15) is 30.9 Å². The topological polar surface area (TPSA) is 44.5 Å². The smallest absolute Gasteiger partial charge is 0.134 e. The van der Waals surface area contributed by atoms with Gasteiger partial charge in [-0.15, -0.1) is 0 Å². The minimum Gasteiger partial charge on any atom is -0.484 e. The number of ether oxygens (including phenoxy) is 2. The maximum atomic E-state index is 6.22. The lowest BCUT2D eigenvalue weighted by molar-refractivity contribution is -0.0833. The molecule has 16 heavy (non-hydrogen) atoms. The lowest BCUT2D eigenvalue weighted by atomic mass is 9.84. The number of para-hydroxylation sites is 1. The zero-order valence-electron chi connectivity index (χ0n) is 9.32. The van der Waals surface area contributed by atoms with E-state index in [4.69, 9.17) is 15.2 Å². The molecule has 2 aliphatic heterocycles. The second kappa shape index (κ2) is 3.75. The average Bonchev–Trinajstić information content (AvgIpc) is 2.30. The van der Waals surface area contributed by atoms with E-state index in [1.54, 1.807) is 0 Å². The predicted octanol–water partition coefficient (Wildman–Crippen LogP) is 2.02. The van der Waals surface area contributed by atoms with Crippen molar-refractivity contribution in [2.45, 2.75) is 30.9 Å². The van der Waals surface area contributed by atoms with Crippen molar-refractivity contribution in [1.82, 2.24) is 0 Å². The molecule has 3 rings (SSSR count). The van der Waals surface area contributed by atoms with E-state index in [1.807, 2.05) is 18.2 Å². The van der Waals surface area contributed by atoms with Gasteiger partial charge in [-0.25, -0.2) is 0 Å². The van der Waals surface area contributed by atoms with Gasteiger partial charge < -0.3 is 15.2 Å². The van der Waals surface area contributed by atoms with Gasteiger partial charge in [0.05, 0.1) is 6.61 Å². The SMILES string of the molecule is N[C@H]1CC2(CCCOC2)Oc2ccccc21. The third kappa shape index (κ3) is 1.60. The first kappa shape index (κ1) is 10.1. The molecule has 0 aliphatic carbocycles. The lowest BCUT2D eigenvalue weighted by Crippen LogP contribution is -2.49. The Morgan fingerprint density at radius 2 is 2.19 bits per heavy atom. The minimum absolute atomic E-state index is 0.0756. The highest BCUT2D eigenvalue weighted by atomic mass is 16.5. The molecule has 1 spiro atoms. The van der Waals surface area contributed by atoms with Crippen LogP contribution >= 0.6 is 0 Å². The van der Waals surface area contributed by atoms with E-state index < -0.39 is 0 Å². The Hall–Kier alpha value is -1.06. The highest BCUT2D eigenvalue weighted by Crippen LogP contribution is 2.41. The first-order valence-corrected chi connectivity index (χ1v) is 5.90. The van der Waals surface area contributed by atoms with Gasteiger partial charge in [0.1, 0.15) is 11.4 Å². The zero-order chi connectivity index (χ0) is 11.0. The molecular weight excluding hydrogens is 202 g/mol. The largest absolute Gasteiger partial charge is 0.484 e. The van der Waals surface area contributed by atoms with Crippen molar-refractivity contribution in [2.75, 3.05) is 13.2 Å². The third-order valence-electron chi connectivity index (χ3n) is 3.52. The highest BCUT2D eigenvalue weighted by Gasteiger charge is 2.41. The summed E-state index contributed by atoms with van der Waals surface area (Å²) < 4.78 is 11.7. The van der Waals surface area contributed by atoms with Gasteiger partial charge in [-0.05, 0) is 18.9 Å². The summed E-state index contributed by atoms with van der Waals surface area (Å²) in [5.41, 5.74) is 7.17. The molecule has 2 heterocycles. The number of fused-ring (bicyclic) bond motifs is 1. The Labute approximate surface area is 95.5 Å². The van der Waals surface area contributed by atoms with Crippen LogP contribution in [-0.2, 0) is 4.74 Å². The second-order valence-corrected chi connectivity index (χ2v) is 4.79. The Balaban J connectivity index is 1.93. The van der Waals surface area contributed by atoms with Gasteiger partial charge in [-0.2, -0.15) is 0 Å². The van der Waals surface area contributed by atoms with Crippen molar-refractivity contribution >= 4 is 0 Å². The van der Waals surface area contributed by atoms with Gasteiger partial charge in [-0.1, -0.05) is 18.2 Å². The van der Waals surface area contributed by atoms with Crippen LogP contribution in [0.25, 0.3) is 0 Å². The van der Waals surface area contributed by atoms with Crippen LogP contribution < -0.4 is 10.5 Å². The van der Waals surface area contributed by atoms with Crippen LogP contribution in [0, 0.1) is 0 Å². The fourth-order valence-corrected chi connectivity index (χ4v) is 2.73. The quantitative estimate of drug-likeness (QED) is 0.726. The van der Waals surface area contributed by atoms with Crippen molar-refractivity contribution in [3.05, 3.63) is 29.8 Å². The Morgan fingerprint density at radius 3 is 3.00 bits per heavy atom. The number of benzene rings is 1. The van der Waals surface area contributed by atoms with Crippen molar-refractivity contribution in [3.63, 3.8) is 0 Å². The molecule has 1 fully saturated rings. The van der Waals surface area contributed by atoms with Crippen LogP contribution in [0.4, 0.5) is 0 Å². The molecule has 86 valence electrons. The molecule has 3 heteroatoms. The van der Waals surface area contributed by atoms with Crippen molar-refractivity contribution in [2.24, 2.45) is 5.73 Å². The molecule has 1 aromatic carbocycles. The molecule has 0 radical (unpaired) electrons. The molecule has 1 unspecified atom stereocenters. The normalized spacial score (nSPS) is 33.2. The first-order chi connectivity index (χ1) is 7.79. The molecular formula is C13H17NO2. The molecule has 1 saturated heterocycles. The Bertz CT molecular complexity index is 385. The van der Waals surface area contributed by atoms with Gasteiger partial charge in [0.2, 0.25) is 0 Å². The molecule has 3 nitrogen and oxygen atoms in total. The Morgan fingerprint density at radius 1 is 1.31 bits per heavy atom. The van der Waals surface area contributed by atoms with E-state index in [1.165, 1.54) is 0 Å². The number of hydrogen-bond acceptors (Lipinski definition) is 3. The second-order valence-electron chi connectivity index (χ2n) is 4.79. The standard InChI is InChI=1S/C13H17NO2/c14-11-8-13(6-3-7-15-9-13)16-12-5-2-1-4-10(11)12/h1-2,4-5,11H,3,6-9,14H2/t11-,13?/m0/s1. The lowest BCUT2D eigenvalue weighted by Gasteiger charge is -2.43. The summed E-state index contributed by atoms with van der Waals surface area (Å²) in [5, 5.41) is 0. The fourth-order valence-electron chi connectivity index (χ4n) is 2.73. The van der Waals surface area contributed by atoms with E-state index in [-0.39, 0.29) is 11.6 Å². The fraction of sp³-hybridized carbons (Fsp3) is 0.538. The molecule has 1 aromatic rings. The van der Waals surface area contributed by atoms with Crippen molar-refractivity contribution in [1.29, 1.82) is 0 Å². The van der Waals surface area contributed by atoms with E-state index in [0.717, 1.165) is 37.2 Å². The van der Waals surface area contributed by atoms with Crippen LogP contribution in [0.15, 0.2) is 24.3 Å². The van der Waals surface area contributed by atoms with Crippen LogP contribution in [0.2, 0.25) is 0 Å². The molecule has 2 N–H and O–H groups in total. The molecule has 0 amide bonds. The van der Waals surface area contributed by atoms with Gasteiger partial charge in [-0.3, -0.25) is 0 Å². The van der Waals surface area contributed by atoms with Crippen molar-refractivity contribution < 1.29 is 9.47 Å². The third-order valence-corrected chi connectivity index (χ3v) is 3.52. The Kier molecular flexibility index (Phi) is 2.37. The van der Waals surface area contributed by atoms with Crippen LogP contribution in [0.5, 0.6) is 5.75 Å². The van der Waals surface area contributed by atoms with E-state index in [2.05, 4.69) is 6.07 Å². The summed E-state index contributed by atoms with van der Waals surface area (Å²) in [6, 6.07) is 8.14. The zero-order valence-corrected chi connectivity index (χ0v) is 9.32. The van der Waals surface area contributed by atoms with E-state index in [9.17, 15) is 0 Å². The van der Waals surface area contributed by atoms with Gasteiger partial charge in [0.15, 0.2) is 0 Å². The summed E-state index contributed by atoms with van der Waals surface area (Å²) in [7, 11) is 0. The van der Waals surface area contributed by atoms with Gasteiger partial charge >= 0.3 is 0 Å². The summed E-state index contributed by atoms with van der Waals surface area (Å²) in [6.45, 7) is 1.52. The minimum atomic E-state index is -0.175.